The van der Waals surface area contributed by atoms with Crippen molar-refractivity contribution < 1.29 is 9.47 Å². The first-order valence-electron chi connectivity index (χ1n) is 9.69. The fourth-order valence-electron chi connectivity index (χ4n) is 2.97. The zero-order valence-electron chi connectivity index (χ0n) is 16.9. The molecule has 0 saturated carbocycles. The highest BCUT2D eigenvalue weighted by Crippen LogP contribution is 2.21. The first-order valence-corrected chi connectivity index (χ1v) is 9.69. The molecule has 0 bridgehead atoms. The van der Waals surface area contributed by atoms with Crippen LogP contribution in [0.3, 0.4) is 0 Å². The van der Waals surface area contributed by atoms with Gasteiger partial charge in [0.1, 0.15) is 5.75 Å². The van der Waals surface area contributed by atoms with Crippen LogP contribution in [-0.4, -0.2) is 70.5 Å². The predicted octanol–water partition coefficient (Wildman–Crippen LogP) is 2.69. The first kappa shape index (κ1) is 24.0. The van der Waals surface area contributed by atoms with E-state index in [0.717, 1.165) is 70.6 Å². The van der Waals surface area contributed by atoms with Gasteiger partial charge in [0.15, 0.2) is 5.96 Å². The Bertz CT molecular complexity index is 533. The van der Waals surface area contributed by atoms with E-state index in [0.29, 0.717) is 5.92 Å². The molecular formula is C20H35IN4O2. The van der Waals surface area contributed by atoms with Crippen molar-refractivity contribution in [2.24, 2.45) is 4.99 Å². The number of morpholine rings is 1. The minimum absolute atomic E-state index is 0. The molecule has 1 aromatic rings. The second-order valence-electron chi connectivity index (χ2n) is 6.60. The van der Waals surface area contributed by atoms with Gasteiger partial charge in [-0.25, -0.2) is 0 Å². The van der Waals surface area contributed by atoms with Crippen molar-refractivity contribution in [3.63, 3.8) is 0 Å². The molecule has 1 fully saturated rings. The maximum absolute atomic E-state index is 5.39. The van der Waals surface area contributed by atoms with E-state index < -0.39 is 0 Å². The number of rotatable bonds is 9. The fraction of sp³-hybridized carbons (Fsp3) is 0.650. The van der Waals surface area contributed by atoms with Crippen LogP contribution in [0, 0.1) is 0 Å². The molecule has 0 radical (unpaired) electrons. The Morgan fingerprint density at radius 2 is 1.93 bits per heavy atom. The van der Waals surface area contributed by atoms with Gasteiger partial charge in [0.05, 0.1) is 20.3 Å². The summed E-state index contributed by atoms with van der Waals surface area (Å²) in [6, 6.07) is 8.32. The van der Waals surface area contributed by atoms with Crippen LogP contribution in [0.15, 0.2) is 29.3 Å². The molecule has 1 aromatic carbocycles. The lowest BCUT2D eigenvalue weighted by Crippen LogP contribution is -2.44. The fourth-order valence-corrected chi connectivity index (χ4v) is 2.97. The number of nitrogens with one attached hydrogen (secondary N) is 2. The highest BCUT2D eigenvalue weighted by atomic mass is 127. The average Bonchev–Trinajstić information content (AvgIpc) is 2.69. The minimum atomic E-state index is 0. The summed E-state index contributed by atoms with van der Waals surface area (Å²) in [7, 11) is 1.70. The van der Waals surface area contributed by atoms with Crippen LogP contribution in [-0.2, 0) is 4.74 Å². The molecular weight excluding hydrogens is 455 g/mol. The van der Waals surface area contributed by atoms with Gasteiger partial charge < -0.3 is 20.1 Å². The van der Waals surface area contributed by atoms with Crippen LogP contribution in [0.2, 0.25) is 0 Å². The molecule has 27 heavy (non-hydrogen) atoms. The Morgan fingerprint density at radius 1 is 1.22 bits per heavy atom. The van der Waals surface area contributed by atoms with Crippen molar-refractivity contribution in [1.82, 2.24) is 15.5 Å². The summed E-state index contributed by atoms with van der Waals surface area (Å²) in [5, 5.41) is 6.76. The van der Waals surface area contributed by atoms with Crippen LogP contribution in [0.1, 0.15) is 31.7 Å². The molecule has 2 N–H and O–H groups in total. The van der Waals surface area contributed by atoms with E-state index >= 15 is 0 Å². The predicted molar refractivity (Wildman–Crippen MR) is 123 cm³/mol. The Labute approximate surface area is 181 Å². The summed E-state index contributed by atoms with van der Waals surface area (Å²) in [6.45, 7) is 11.7. The summed E-state index contributed by atoms with van der Waals surface area (Å²) in [5.41, 5.74) is 1.33. The molecule has 0 aromatic heterocycles. The molecule has 1 saturated heterocycles. The number of halogens is 1. The maximum atomic E-state index is 5.39. The van der Waals surface area contributed by atoms with E-state index in [1.165, 1.54) is 5.56 Å². The Kier molecular flexibility index (Phi) is 12.4. The molecule has 154 valence electrons. The number of benzene rings is 1. The number of nitrogens with zero attached hydrogens (tertiary/aromatic N) is 2. The molecule has 1 aliphatic heterocycles. The van der Waals surface area contributed by atoms with E-state index in [9.17, 15) is 0 Å². The standard InChI is InChI=1S/C20H34N4O2.HI/c1-4-21-20(23-11-12-24-13-15-26-16-14-24)22-10-9-17(2)18-5-7-19(25-3)8-6-18;/h5-8,17H,4,9-16H2,1-3H3,(H2,21,22,23);1H. The van der Waals surface area contributed by atoms with Crippen LogP contribution >= 0.6 is 24.0 Å². The second kappa shape index (κ2) is 14.0. The molecule has 1 heterocycles. The van der Waals surface area contributed by atoms with Crippen LogP contribution in [0.5, 0.6) is 5.75 Å². The van der Waals surface area contributed by atoms with Gasteiger partial charge in [0.2, 0.25) is 0 Å². The number of hydrogen-bond acceptors (Lipinski definition) is 4. The van der Waals surface area contributed by atoms with Gasteiger partial charge in [0.25, 0.3) is 0 Å². The van der Waals surface area contributed by atoms with Crippen molar-refractivity contribution >= 4 is 29.9 Å². The summed E-state index contributed by atoms with van der Waals surface area (Å²) < 4.78 is 10.6. The Morgan fingerprint density at radius 3 is 2.56 bits per heavy atom. The van der Waals surface area contributed by atoms with E-state index in [-0.39, 0.29) is 24.0 Å². The Hall–Kier alpha value is -1.06. The number of guanidine groups is 1. The van der Waals surface area contributed by atoms with Crippen LogP contribution in [0.25, 0.3) is 0 Å². The normalized spacial score (nSPS) is 16.3. The summed E-state index contributed by atoms with van der Waals surface area (Å²) in [6.07, 6.45) is 1.02. The number of aliphatic imine (C=N–C) groups is 1. The zero-order chi connectivity index (χ0) is 18.6. The van der Waals surface area contributed by atoms with Crippen molar-refractivity contribution in [3.8, 4) is 5.75 Å². The van der Waals surface area contributed by atoms with Gasteiger partial charge >= 0.3 is 0 Å². The molecule has 6 nitrogen and oxygen atoms in total. The van der Waals surface area contributed by atoms with Gasteiger partial charge in [-0.1, -0.05) is 19.1 Å². The van der Waals surface area contributed by atoms with E-state index in [1.54, 1.807) is 7.11 Å². The lowest BCUT2D eigenvalue weighted by atomic mass is 9.98. The largest absolute Gasteiger partial charge is 0.497 e. The van der Waals surface area contributed by atoms with Crippen molar-refractivity contribution in [3.05, 3.63) is 29.8 Å². The zero-order valence-corrected chi connectivity index (χ0v) is 19.2. The summed E-state index contributed by atoms with van der Waals surface area (Å²) in [5.74, 6) is 2.28. The second-order valence-corrected chi connectivity index (χ2v) is 6.60. The molecule has 0 spiro atoms. The highest BCUT2D eigenvalue weighted by Gasteiger charge is 2.10. The third-order valence-electron chi connectivity index (χ3n) is 4.69. The molecule has 1 unspecified atom stereocenters. The molecule has 2 rings (SSSR count). The van der Waals surface area contributed by atoms with Gasteiger partial charge in [0, 0.05) is 39.3 Å². The van der Waals surface area contributed by atoms with Crippen LogP contribution < -0.4 is 15.4 Å². The highest BCUT2D eigenvalue weighted by molar-refractivity contribution is 14.0. The topological polar surface area (TPSA) is 58.1 Å². The van der Waals surface area contributed by atoms with E-state index in [1.807, 2.05) is 12.1 Å². The van der Waals surface area contributed by atoms with Gasteiger partial charge in [-0.15, -0.1) is 24.0 Å². The quantitative estimate of drug-likeness (QED) is 0.317. The smallest absolute Gasteiger partial charge is 0.191 e. The number of ether oxygens (including phenoxy) is 2. The van der Waals surface area contributed by atoms with Gasteiger partial charge in [-0.3, -0.25) is 9.89 Å². The molecule has 1 aliphatic rings. The summed E-state index contributed by atoms with van der Waals surface area (Å²) >= 11 is 0. The van der Waals surface area contributed by atoms with E-state index in [4.69, 9.17) is 14.5 Å². The number of hydrogen-bond donors (Lipinski definition) is 2. The third-order valence-corrected chi connectivity index (χ3v) is 4.69. The van der Waals surface area contributed by atoms with E-state index in [2.05, 4.69) is 41.5 Å². The molecule has 7 heteroatoms. The number of methoxy groups -OCH3 is 1. The average molecular weight is 490 g/mol. The van der Waals surface area contributed by atoms with Crippen molar-refractivity contribution in [2.75, 3.05) is 59.6 Å². The lowest BCUT2D eigenvalue weighted by Gasteiger charge is -2.26. The van der Waals surface area contributed by atoms with Gasteiger partial charge in [-0.05, 0) is 37.0 Å². The third kappa shape index (κ3) is 9.12. The SMILES string of the molecule is CCNC(=NCCC(C)c1ccc(OC)cc1)NCCN1CCOCC1.I. The molecule has 1 atom stereocenters. The van der Waals surface area contributed by atoms with Crippen molar-refractivity contribution in [1.29, 1.82) is 0 Å². The monoisotopic (exact) mass is 490 g/mol. The molecule has 0 amide bonds. The Balaban J connectivity index is 0.00000364. The minimum Gasteiger partial charge on any atom is -0.497 e. The first-order chi connectivity index (χ1) is 12.7. The lowest BCUT2D eigenvalue weighted by molar-refractivity contribution is 0.0389. The maximum Gasteiger partial charge on any atom is 0.191 e. The van der Waals surface area contributed by atoms with Crippen molar-refractivity contribution in [2.45, 2.75) is 26.2 Å². The van der Waals surface area contributed by atoms with Gasteiger partial charge in [-0.2, -0.15) is 0 Å². The molecule has 0 aliphatic carbocycles. The summed E-state index contributed by atoms with van der Waals surface area (Å²) in [4.78, 5) is 7.14. The van der Waals surface area contributed by atoms with Crippen LogP contribution in [0.4, 0.5) is 0 Å².